The van der Waals surface area contributed by atoms with Crippen LogP contribution in [-0.4, -0.2) is 62.1 Å². The van der Waals surface area contributed by atoms with Crippen LogP contribution >= 0.6 is 0 Å². The number of amides is 2. The molecule has 26 heavy (non-hydrogen) atoms. The predicted octanol–water partition coefficient (Wildman–Crippen LogP) is 1.58. The number of rotatable bonds is 5. The van der Waals surface area contributed by atoms with E-state index in [1.807, 2.05) is 19.1 Å². The van der Waals surface area contributed by atoms with E-state index in [4.69, 9.17) is 4.74 Å². The fraction of sp³-hybridized carbons (Fsp3) is 0.600. The van der Waals surface area contributed by atoms with Gasteiger partial charge in [0.15, 0.2) is 0 Å². The zero-order valence-electron chi connectivity index (χ0n) is 15.8. The smallest absolute Gasteiger partial charge is 0.222 e. The van der Waals surface area contributed by atoms with E-state index < -0.39 is 0 Å². The lowest BCUT2D eigenvalue weighted by Crippen LogP contribution is -2.57. The average Bonchev–Trinajstić information content (AvgIpc) is 2.64. The highest BCUT2D eigenvalue weighted by molar-refractivity contribution is 5.80. The molecular weight excluding hydrogens is 330 g/mol. The van der Waals surface area contributed by atoms with E-state index >= 15 is 0 Å². The summed E-state index contributed by atoms with van der Waals surface area (Å²) in [6.07, 6.45) is 2.36. The first-order valence-electron chi connectivity index (χ1n) is 9.42. The van der Waals surface area contributed by atoms with Crippen LogP contribution in [0.4, 0.5) is 5.69 Å². The van der Waals surface area contributed by atoms with E-state index in [-0.39, 0.29) is 17.4 Å². The molecule has 2 heterocycles. The van der Waals surface area contributed by atoms with Crippen molar-refractivity contribution in [2.24, 2.45) is 0 Å². The molecule has 142 valence electrons. The fourth-order valence-corrected chi connectivity index (χ4v) is 3.85. The van der Waals surface area contributed by atoms with Crippen molar-refractivity contribution >= 4 is 17.5 Å². The van der Waals surface area contributed by atoms with Crippen molar-refractivity contribution < 1.29 is 14.3 Å². The van der Waals surface area contributed by atoms with Gasteiger partial charge in [0.1, 0.15) is 0 Å². The number of likely N-dealkylation sites (N-methyl/N-ethyl adjacent to an activating group) is 1. The van der Waals surface area contributed by atoms with Crippen LogP contribution in [0.3, 0.4) is 0 Å². The van der Waals surface area contributed by atoms with E-state index in [2.05, 4.69) is 22.3 Å². The second-order valence-electron chi connectivity index (χ2n) is 7.59. The number of carbonyl (C=O) groups is 2. The molecule has 1 aromatic rings. The SMILES string of the molecule is CN1CC(C)(NC(=O)CCc2ccccc2N2CCOCC2)CCC1=O. The predicted molar refractivity (Wildman–Crippen MR) is 101 cm³/mol. The lowest BCUT2D eigenvalue weighted by Gasteiger charge is -2.39. The molecule has 2 aliphatic rings. The lowest BCUT2D eigenvalue weighted by atomic mass is 9.90. The minimum absolute atomic E-state index is 0.0482. The third-order valence-electron chi connectivity index (χ3n) is 5.31. The first-order valence-corrected chi connectivity index (χ1v) is 9.42. The number of hydrogen-bond donors (Lipinski definition) is 1. The quantitative estimate of drug-likeness (QED) is 0.867. The van der Waals surface area contributed by atoms with Crippen molar-refractivity contribution in [3.8, 4) is 0 Å². The highest BCUT2D eigenvalue weighted by atomic mass is 16.5. The standard InChI is InChI=1S/C20H29N3O3/c1-20(10-9-19(25)22(2)15-20)21-18(24)8-7-16-5-3-4-6-17(16)23-11-13-26-14-12-23/h3-6H,7-15H2,1-2H3,(H,21,24). The largest absolute Gasteiger partial charge is 0.378 e. The minimum Gasteiger partial charge on any atom is -0.378 e. The molecule has 0 aliphatic carbocycles. The van der Waals surface area contributed by atoms with Gasteiger partial charge in [0.25, 0.3) is 0 Å². The number of likely N-dealkylation sites (tertiary alicyclic amines) is 1. The Morgan fingerprint density at radius 2 is 2.00 bits per heavy atom. The van der Waals surface area contributed by atoms with Gasteiger partial charge in [0.05, 0.1) is 18.8 Å². The van der Waals surface area contributed by atoms with Crippen LogP contribution in [-0.2, 0) is 20.7 Å². The summed E-state index contributed by atoms with van der Waals surface area (Å²) in [7, 11) is 1.80. The van der Waals surface area contributed by atoms with Crippen LogP contribution in [0.2, 0.25) is 0 Å². The Morgan fingerprint density at radius 1 is 1.27 bits per heavy atom. The number of anilines is 1. The maximum atomic E-state index is 12.5. The van der Waals surface area contributed by atoms with E-state index in [9.17, 15) is 9.59 Å². The monoisotopic (exact) mass is 359 g/mol. The molecule has 2 aliphatic heterocycles. The van der Waals surface area contributed by atoms with E-state index in [0.717, 1.165) is 26.3 Å². The first kappa shape index (κ1) is 18.7. The minimum atomic E-state index is -0.330. The van der Waals surface area contributed by atoms with Crippen molar-refractivity contribution in [3.63, 3.8) is 0 Å². The highest BCUT2D eigenvalue weighted by Gasteiger charge is 2.34. The van der Waals surface area contributed by atoms with Gasteiger partial charge in [0.2, 0.25) is 11.8 Å². The molecular formula is C20H29N3O3. The van der Waals surface area contributed by atoms with Gasteiger partial charge in [0, 0.05) is 45.2 Å². The van der Waals surface area contributed by atoms with Crippen LogP contribution < -0.4 is 10.2 Å². The van der Waals surface area contributed by atoms with Gasteiger partial charge in [-0.25, -0.2) is 0 Å². The van der Waals surface area contributed by atoms with Gasteiger partial charge < -0.3 is 19.9 Å². The Balaban J connectivity index is 1.57. The Bertz CT molecular complexity index is 657. The number of nitrogens with one attached hydrogen (secondary N) is 1. The number of piperidine rings is 1. The number of nitrogens with zero attached hydrogens (tertiary/aromatic N) is 2. The zero-order valence-corrected chi connectivity index (χ0v) is 15.8. The lowest BCUT2D eigenvalue weighted by molar-refractivity contribution is -0.136. The van der Waals surface area contributed by atoms with Crippen LogP contribution in [0.25, 0.3) is 0 Å². The molecule has 2 amide bonds. The van der Waals surface area contributed by atoms with Crippen LogP contribution in [0.5, 0.6) is 0 Å². The van der Waals surface area contributed by atoms with E-state index in [0.29, 0.717) is 32.2 Å². The van der Waals surface area contributed by atoms with Gasteiger partial charge in [-0.3, -0.25) is 9.59 Å². The van der Waals surface area contributed by atoms with Crippen LogP contribution in [0.15, 0.2) is 24.3 Å². The molecule has 6 heteroatoms. The number of benzene rings is 1. The number of carbonyl (C=O) groups excluding carboxylic acids is 2. The number of aryl methyl sites for hydroxylation is 1. The Morgan fingerprint density at radius 3 is 2.73 bits per heavy atom. The molecule has 1 aromatic carbocycles. The zero-order chi connectivity index (χ0) is 18.6. The third kappa shape index (κ3) is 4.55. The summed E-state index contributed by atoms with van der Waals surface area (Å²) in [5, 5.41) is 3.15. The molecule has 3 rings (SSSR count). The Kier molecular flexibility index (Phi) is 5.81. The van der Waals surface area contributed by atoms with E-state index in [1.54, 1.807) is 11.9 Å². The number of para-hydroxylation sites is 1. The molecule has 0 aromatic heterocycles. The summed E-state index contributed by atoms with van der Waals surface area (Å²) < 4.78 is 5.44. The highest BCUT2D eigenvalue weighted by Crippen LogP contribution is 2.24. The Labute approximate surface area is 155 Å². The number of ether oxygens (including phenoxy) is 1. The molecule has 2 saturated heterocycles. The van der Waals surface area contributed by atoms with Gasteiger partial charge >= 0.3 is 0 Å². The summed E-state index contributed by atoms with van der Waals surface area (Å²) >= 11 is 0. The number of hydrogen-bond acceptors (Lipinski definition) is 4. The first-order chi connectivity index (χ1) is 12.5. The molecule has 2 fully saturated rings. The second-order valence-corrected chi connectivity index (χ2v) is 7.59. The van der Waals surface area contributed by atoms with Crippen molar-refractivity contribution in [1.29, 1.82) is 0 Å². The van der Waals surface area contributed by atoms with Crippen molar-refractivity contribution in [2.75, 3.05) is 44.8 Å². The molecule has 0 bridgehead atoms. The van der Waals surface area contributed by atoms with Crippen molar-refractivity contribution in [1.82, 2.24) is 10.2 Å². The fourth-order valence-electron chi connectivity index (χ4n) is 3.85. The Hall–Kier alpha value is -2.08. The van der Waals surface area contributed by atoms with Gasteiger partial charge in [-0.1, -0.05) is 18.2 Å². The molecule has 0 saturated carbocycles. The molecule has 0 radical (unpaired) electrons. The molecule has 1 unspecified atom stereocenters. The average molecular weight is 359 g/mol. The number of morpholine rings is 1. The summed E-state index contributed by atoms with van der Waals surface area (Å²) in [6, 6.07) is 8.30. The molecule has 1 N–H and O–H groups in total. The van der Waals surface area contributed by atoms with E-state index in [1.165, 1.54) is 11.3 Å². The summed E-state index contributed by atoms with van der Waals surface area (Å²) in [5.74, 6) is 0.197. The summed E-state index contributed by atoms with van der Waals surface area (Å²) in [4.78, 5) is 28.2. The summed E-state index contributed by atoms with van der Waals surface area (Å²) in [6.45, 7) is 5.87. The van der Waals surface area contributed by atoms with Gasteiger partial charge in [-0.15, -0.1) is 0 Å². The maximum Gasteiger partial charge on any atom is 0.222 e. The molecule has 1 atom stereocenters. The maximum absolute atomic E-state index is 12.5. The van der Waals surface area contributed by atoms with Crippen molar-refractivity contribution in [3.05, 3.63) is 29.8 Å². The summed E-state index contributed by atoms with van der Waals surface area (Å²) in [5.41, 5.74) is 2.08. The third-order valence-corrected chi connectivity index (χ3v) is 5.31. The normalized spacial score (nSPS) is 23.8. The second kappa shape index (κ2) is 8.08. The van der Waals surface area contributed by atoms with Crippen LogP contribution in [0.1, 0.15) is 31.7 Å². The molecule has 0 spiro atoms. The van der Waals surface area contributed by atoms with Gasteiger partial charge in [-0.2, -0.15) is 0 Å². The van der Waals surface area contributed by atoms with Crippen LogP contribution in [0, 0.1) is 0 Å². The van der Waals surface area contributed by atoms with Gasteiger partial charge in [-0.05, 0) is 31.4 Å². The topological polar surface area (TPSA) is 61.9 Å². The van der Waals surface area contributed by atoms with Crippen molar-refractivity contribution in [2.45, 2.75) is 38.1 Å². The molecule has 6 nitrogen and oxygen atoms in total.